The molecule has 0 saturated heterocycles. The van der Waals surface area contributed by atoms with E-state index in [1.165, 1.54) is 6.92 Å². The first-order valence-corrected chi connectivity index (χ1v) is 6.17. The summed E-state index contributed by atoms with van der Waals surface area (Å²) in [6.45, 7) is 1.67. The molecule has 7 nitrogen and oxygen atoms in total. The third-order valence-electron chi connectivity index (χ3n) is 2.70. The monoisotopic (exact) mass is 281 g/mol. The standard InChI is InChI=1S/C13H19N3O4/c1-8(17)15-7-6-11(18)12(19)9-2-4-10(5-3-9)16-13(14)20/h2-5,11-12,18-19H,6-7H2,1H3,(H,15,17)(H3,14,16,20). The van der Waals surface area contributed by atoms with Crippen LogP contribution in [0.15, 0.2) is 24.3 Å². The second-order valence-corrected chi connectivity index (χ2v) is 4.40. The third-order valence-corrected chi connectivity index (χ3v) is 2.70. The van der Waals surface area contributed by atoms with Crippen molar-refractivity contribution in [2.45, 2.75) is 25.6 Å². The van der Waals surface area contributed by atoms with Gasteiger partial charge in [-0.05, 0) is 24.1 Å². The first-order valence-electron chi connectivity index (χ1n) is 6.17. The van der Waals surface area contributed by atoms with Gasteiger partial charge in [0.05, 0.1) is 6.10 Å². The van der Waals surface area contributed by atoms with Gasteiger partial charge in [-0.25, -0.2) is 4.79 Å². The number of anilines is 1. The number of nitrogens with two attached hydrogens (primary N) is 1. The van der Waals surface area contributed by atoms with Crippen LogP contribution in [0.1, 0.15) is 25.0 Å². The summed E-state index contributed by atoms with van der Waals surface area (Å²) in [5, 5.41) is 24.7. The summed E-state index contributed by atoms with van der Waals surface area (Å²) < 4.78 is 0. The topological polar surface area (TPSA) is 125 Å². The molecular formula is C13H19N3O4. The summed E-state index contributed by atoms with van der Waals surface area (Å²) in [5.74, 6) is -0.187. The van der Waals surface area contributed by atoms with Gasteiger partial charge >= 0.3 is 6.03 Å². The molecule has 0 fully saturated rings. The fourth-order valence-corrected chi connectivity index (χ4v) is 1.68. The van der Waals surface area contributed by atoms with Crippen molar-refractivity contribution in [3.63, 3.8) is 0 Å². The quantitative estimate of drug-likeness (QED) is 0.507. The first kappa shape index (κ1) is 15.9. The van der Waals surface area contributed by atoms with E-state index in [1.807, 2.05) is 0 Å². The van der Waals surface area contributed by atoms with Gasteiger partial charge in [0.2, 0.25) is 5.91 Å². The van der Waals surface area contributed by atoms with E-state index in [1.54, 1.807) is 24.3 Å². The molecule has 6 N–H and O–H groups in total. The van der Waals surface area contributed by atoms with Gasteiger partial charge in [-0.3, -0.25) is 4.79 Å². The SMILES string of the molecule is CC(=O)NCCC(O)C(O)c1ccc(NC(N)=O)cc1. The van der Waals surface area contributed by atoms with E-state index in [2.05, 4.69) is 10.6 Å². The minimum Gasteiger partial charge on any atom is -0.390 e. The second kappa shape index (κ2) is 7.46. The molecule has 20 heavy (non-hydrogen) atoms. The lowest BCUT2D eigenvalue weighted by molar-refractivity contribution is -0.119. The van der Waals surface area contributed by atoms with E-state index in [-0.39, 0.29) is 18.9 Å². The van der Waals surface area contributed by atoms with Crippen LogP contribution in [0.4, 0.5) is 10.5 Å². The van der Waals surface area contributed by atoms with Gasteiger partial charge in [-0.15, -0.1) is 0 Å². The average Bonchev–Trinajstić information content (AvgIpc) is 2.37. The van der Waals surface area contributed by atoms with Crippen molar-refractivity contribution in [3.05, 3.63) is 29.8 Å². The van der Waals surface area contributed by atoms with Crippen LogP contribution in [-0.4, -0.2) is 34.8 Å². The number of hydrogen-bond donors (Lipinski definition) is 5. The van der Waals surface area contributed by atoms with Gasteiger partial charge < -0.3 is 26.6 Å². The Hall–Kier alpha value is -2.12. The lowest BCUT2D eigenvalue weighted by Crippen LogP contribution is -2.27. The van der Waals surface area contributed by atoms with Crippen molar-refractivity contribution in [2.24, 2.45) is 5.73 Å². The zero-order chi connectivity index (χ0) is 15.1. The molecule has 0 radical (unpaired) electrons. The molecule has 1 aromatic carbocycles. The summed E-state index contributed by atoms with van der Waals surface area (Å²) in [4.78, 5) is 21.3. The molecule has 0 aliphatic carbocycles. The molecule has 0 saturated carbocycles. The highest BCUT2D eigenvalue weighted by Gasteiger charge is 2.18. The Morgan fingerprint density at radius 3 is 2.35 bits per heavy atom. The van der Waals surface area contributed by atoms with Crippen molar-refractivity contribution < 1.29 is 19.8 Å². The van der Waals surface area contributed by atoms with Crippen LogP contribution in [0.25, 0.3) is 0 Å². The summed E-state index contributed by atoms with van der Waals surface area (Å²) in [6.07, 6.45) is -1.81. The maximum atomic E-state index is 10.7. The largest absolute Gasteiger partial charge is 0.390 e. The highest BCUT2D eigenvalue weighted by molar-refractivity contribution is 5.87. The van der Waals surface area contributed by atoms with Gasteiger partial charge in [0.25, 0.3) is 0 Å². The van der Waals surface area contributed by atoms with Crippen LogP contribution in [-0.2, 0) is 4.79 Å². The van der Waals surface area contributed by atoms with E-state index in [0.717, 1.165) is 0 Å². The summed E-state index contributed by atoms with van der Waals surface area (Å²) in [7, 11) is 0. The fourth-order valence-electron chi connectivity index (χ4n) is 1.68. The molecule has 0 aliphatic heterocycles. The van der Waals surface area contributed by atoms with Crippen molar-refractivity contribution in [1.82, 2.24) is 5.32 Å². The summed E-state index contributed by atoms with van der Waals surface area (Å²) in [5.41, 5.74) is 5.99. The Bertz CT molecular complexity index is 461. The number of nitrogens with one attached hydrogen (secondary N) is 2. The number of urea groups is 1. The molecule has 2 unspecified atom stereocenters. The second-order valence-electron chi connectivity index (χ2n) is 4.40. The van der Waals surface area contributed by atoms with E-state index >= 15 is 0 Å². The fraction of sp³-hybridized carbons (Fsp3) is 0.385. The smallest absolute Gasteiger partial charge is 0.316 e. The van der Waals surface area contributed by atoms with Crippen LogP contribution in [0.3, 0.4) is 0 Å². The number of hydrogen-bond acceptors (Lipinski definition) is 4. The van der Waals surface area contributed by atoms with Gasteiger partial charge in [-0.1, -0.05) is 12.1 Å². The minimum absolute atomic E-state index is 0.187. The molecule has 0 spiro atoms. The molecule has 110 valence electrons. The molecule has 0 heterocycles. The van der Waals surface area contributed by atoms with Crippen LogP contribution in [0.2, 0.25) is 0 Å². The number of primary amides is 1. The Labute approximate surface area is 116 Å². The average molecular weight is 281 g/mol. The lowest BCUT2D eigenvalue weighted by atomic mass is 10.0. The number of aliphatic hydroxyl groups is 2. The van der Waals surface area contributed by atoms with Crippen molar-refractivity contribution in [1.29, 1.82) is 0 Å². The van der Waals surface area contributed by atoms with Gasteiger partial charge in [0.1, 0.15) is 6.10 Å². The molecule has 0 bridgehead atoms. The summed E-state index contributed by atoms with van der Waals surface area (Å²) >= 11 is 0. The number of aliphatic hydroxyl groups excluding tert-OH is 2. The molecule has 7 heteroatoms. The maximum Gasteiger partial charge on any atom is 0.316 e. The zero-order valence-corrected chi connectivity index (χ0v) is 11.2. The Morgan fingerprint density at radius 2 is 1.85 bits per heavy atom. The maximum absolute atomic E-state index is 10.7. The minimum atomic E-state index is -1.06. The van der Waals surface area contributed by atoms with E-state index in [0.29, 0.717) is 11.3 Å². The highest BCUT2D eigenvalue weighted by Crippen LogP contribution is 2.20. The predicted octanol–water partition coefficient (Wildman–Crippen LogP) is 0.0977. The van der Waals surface area contributed by atoms with Crippen LogP contribution >= 0.6 is 0 Å². The normalized spacial score (nSPS) is 13.3. The Kier molecular flexibility index (Phi) is 5.95. The molecule has 0 aromatic heterocycles. The van der Waals surface area contributed by atoms with Crippen molar-refractivity contribution in [2.75, 3.05) is 11.9 Å². The number of carbonyl (C=O) groups excluding carboxylic acids is 2. The lowest BCUT2D eigenvalue weighted by Gasteiger charge is -2.18. The third kappa shape index (κ3) is 5.25. The van der Waals surface area contributed by atoms with E-state index < -0.39 is 18.2 Å². The van der Waals surface area contributed by atoms with Gasteiger partial charge in [-0.2, -0.15) is 0 Å². The predicted molar refractivity (Wildman–Crippen MR) is 73.9 cm³/mol. The molecule has 2 atom stereocenters. The number of benzene rings is 1. The zero-order valence-electron chi connectivity index (χ0n) is 11.2. The van der Waals surface area contributed by atoms with Crippen LogP contribution < -0.4 is 16.4 Å². The molecule has 0 aliphatic rings. The molecule has 1 rings (SSSR count). The van der Waals surface area contributed by atoms with Crippen LogP contribution in [0.5, 0.6) is 0 Å². The number of amides is 3. The Balaban J connectivity index is 2.55. The van der Waals surface area contributed by atoms with E-state index in [4.69, 9.17) is 5.73 Å². The van der Waals surface area contributed by atoms with Crippen LogP contribution in [0, 0.1) is 0 Å². The van der Waals surface area contributed by atoms with E-state index in [9.17, 15) is 19.8 Å². The Morgan fingerprint density at radius 1 is 1.25 bits per heavy atom. The highest BCUT2D eigenvalue weighted by atomic mass is 16.3. The molecule has 1 aromatic rings. The number of carbonyl (C=O) groups is 2. The molecule has 3 amide bonds. The van der Waals surface area contributed by atoms with Gasteiger partial charge in [0, 0.05) is 19.2 Å². The number of rotatable bonds is 6. The van der Waals surface area contributed by atoms with Crippen molar-refractivity contribution in [3.8, 4) is 0 Å². The van der Waals surface area contributed by atoms with Crippen molar-refractivity contribution >= 4 is 17.6 Å². The molecular weight excluding hydrogens is 262 g/mol. The van der Waals surface area contributed by atoms with Gasteiger partial charge in [0.15, 0.2) is 0 Å². The summed E-state index contributed by atoms with van der Waals surface area (Å²) in [6, 6.07) is 5.64. The first-order chi connectivity index (χ1) is 9.40.